The average Bonchev–Trinajstić information content (AvgIpc) is 2.41. The molecule has 108 valence electrons. The monoisotopic (exact) mass is 265 g/mol. The van der Waals surface area contributed by atoms with Crippen LogP contribution in [0.25, 0.3) is 0 Å². The molecular weight excluding hydrogens is 238 g/mol. The van der Waals surface area contributed by atoms with Crippen molar-refractivity contribution in [3.63, 3.8) is 0 Å². The molecule has 0 aromatic heterocycles. The SMILES string of the molecule is CCCCOCC(O)CNCCc1ccccc1C. The number of ether oxygens (including phenoxy) is 1. The minimum atomic E-state index is -0.409. The van der Waals surface area contributed by atoms with Crippen molar-refractivity contribution in [3.05, 3.63) is 35.4 Å². The average molecular weight is 265 g/mol. The normalized spacial score (nSPS) is 12.6. The van der Waals surface area contributed by atoms with Crippen molar-refractivity contribution < 1.29 is 9.84 Å². The number of aryl methyl sites for hydroxylation is 1. The summed E-state index contributed by atoms with van der Waals surface area (Å²) in [7, 11) is 0. The van der Waals surface area contributed by atoms with E-state index < -0.39 is 6.10 Å². The topological polar surface area (TPSA) is 41.5 Å². The maximum atomic E-state index is 9.71. The first-order valence-corrected chi connectivity index (χ1v) is 7.25. The highest BCUT2D eigenvalue weighted by Crippen LogP contribution is 2.06. The Morgan fingerprint density at radius 2 is 2.11 bits per heavy atom. The Balaban J connectivity index is 2.05. The number of aliphatic hydroxyl groups excluding tert-OH is 1. The zero-order valence-electron chi connectivity index (χ0n) is 12.2. The lowest BCUT2D eigenvalue weighted by Crippen LogP contribution is -2.31. The van der Waals surface area contributed by atoms with E-state index in [1.165, 1.54) is 11.1 Å². The smallest absolute Gasteiger partial charge is 0.0897 e. The van der Waals surface area contributed by atoms with Gasteiger partial charge in [-0.25, -0.2) is 0 Å². The highest BCUT2D eigenvalue weighted by Gasteiger charge is 2.03. The predicted octanol–water partition coefficient (Wildman–Crippen LogP) is 2.30. The molecule has 0 fully saturated rings. The summed E-state index contributed by atoms with van der Waals surface area (Å²) in [5.41, 5.74) is 2.69. The molecule has 3 nitrogen and oxygen atoms in total. The Kier molecular flexibility index (Phi) is 8.47. The molecule has 0 amide bonds. The van der Waals surface area contributed by atoms with Crippen molar-refractivity contribution >= 4 is 0 Å². The molecule has 19 heavy (non-hydrogen) atoms. The van der Waals surface area contributed by atoms with E-state index in [0.717, 1.165) is 32.4 Å². The third-order valence-electron chi connectivity index (χ3n) is 3.16. The van der Waals surface area contributed by atoms with Crippen LogP contribution in [-0.2, 0) is 11.2 Å². The van der Waals surface area contributed by atoms with E-state index in [2.05, 4.69) is 43.4 Å². The lowest BCUT2D eigenvalue weighted by atomic mass is 10.1. The van der Waals surface area contributed by atoms with Crippen LogP contribution in [0.15, 0.2) is 24.3 Å². The molecule has 1 atom stereocenters. The van der Waals surface area contributed by atoms with Gasteiger partial charge in [0.15, 0.2) is 0 Å². The Labute approximate surface area is 117 Å². The highest BCUT2D eigenvalue weighted by atomic mass is 16.5. The predicted molar refractivity (Wildman–Crippen MR) is 79.5 cm³/mol. The molecule has 0 saturated carbocycles. The van der Waals surface area contributed by atoms with Crippen LogP contribution in [0.5, 0.6) is 0 Å². The fraction of sp³-hybridized carbons (Fsp3) is 0.625. The van der Waals surface area contributed by atoms with E-state index in [9.17, 15) is 5.11 Å². The number of rotatable bonds is 10. The molecule has 0 aliphatic rings. The zero-order chi connectivity index (χ0) is 13.9. The van der Waals surface area contributed by atoms with Crippen molar-refractivity contribution in [1.29, 1.82) is 0 Å². The molecule has 0 radical (unpaired) electrons. The van der Waals surface area contributed by atoms with Gasteiger partial charge in [-0.2, -0.15) is 0 Å². The fourth-order valence-corrected chi connectivity index (χ4v) is 1.91. The number of unbranched alkanes of at least 4 members (excludes halogenated alkanes) is 1. The van der Waals surface area contributed by atoms with E-state index in [1.807, 2.05) is 0 Å². The minimum absolute atomic E-state index is 0.409. The second kappa shape index (κ2) is 9.96. The van der Waals surface area contributed by atoms with Gasteiger partial charge in [-0.05, 0) is 37.4 Å². The van der Waals surface area contributed by atoms with Crippen LogP contribution in [0.4, 0.5) is 0 Å². The summed E-state index contributed by atoms with van der Waals surface area (Å²) in [6.07, 6.45) is 2.78. The molecule has 0 aliphatic heterocycles. The Morgan fingerprint density at radius 1 is 1.32 bits per heavy atom. The van der Waals surface area contributed by atoms with Crippen molar-refractivity contribution in [2.75, 3.05) is 26.3 Å². The minimum Gasteiger partial charge on any atom is -0.389 e. The number of aliphatic hydroxyl groups is 1. The lowest BCUT2D eigenvalue weighted by Gasteiger charge is -2.12. The van der Waals surface area contributed by atoms with Crippen LogP contribution in [0.2, 0.25) is 0 Å². The molecule has 0 heterocycles. The quantitative estimate of drug-likeness (QED) is 0.638. The van der Waals surface area contributed by atoms with E-state index in [0.29, 0.717) is 13.2 Å². The van der Waals surface area contributed by atoms with Gasteiger partial charge >= 0.3 is 0 Å². The van der Waals surface area contributed by atoms with Gasteiger partial charge in [0.1, 0.15) is 0 Å². The molecule has 2 N–H and O–H groups in total. The molecule has 0 bridgehead atoms. The van der Waals surface area contributed by atoms with Crippen molar-refractivity contribution in [1.82, 2.24) is 5.32 Å². The molecule has 3 heteroatoms. The largest absolute Gasteiger partial charge is 0.389 e. The summed E-state index contributed by atoms with van der Waals surface area (Å²) in [5.74, 6) is 0. The molecule has 1 rings (SSSR count). The lowest BCUT2D eigenvalue weighted by molar-refractivity contribution is 0.0361. The van der Waals surface area contributed by atoms with Gasteiger partial charge in [-0.15, -0.1) is 0 Å². The second-order valence-electron chi connectivity index (χ2n) is 4.96. The van der Waals surface area contributed by atoms with Gasteiger partial charge in [-0.3, -0.25) is 0 Å². The Hall–Kier alpha value is -0.900. The second-order valence-corrected chi connectivity index (χ2v) is 4.96. The molecule has 0 saturated heterocycles. The number of hydrogen-bond acceptors (Lipinski definition) is 3. The van der Waals surface area contributed by atoms with Gasteiger partial charge < -0.3 is 15.2 Å². The molecule has 0 aliphatic carbocycles. The van der Waals surface area contributed by atoms with Crippen LogP contribution in [0.3, 0.4) is 0 Å². The van der Waals surface area contributed by atoms with E-state index in [-0.39, 0.29) is 0 Å². The highest BCUT2D eigenvalue weighted by molar-refractivity contribution is 5.25. The first-order chi connectivity index (χ1) is 9.24. The van der Waals surface area contributed by atoms with Crippen LogP contribution >= 0.6 is 0 Å². The molecular formula is C16H27NO2. The van der Waals surface area contributed by atoms with Gasteiger partial charge in [0, 0.05) is 13.2 Å². The summed E-state index contributed by atoms with van der Waals surface area (Å²) in [6.45, 7) is 6.92. The summed E-state index contributed by atoms with van der Waals surface area (Å²) in [4.78, 5) is 0. The molecule has 1 aromatic rings. The van der Waals surface area contributed by atoms with Crippen molar-refractivity contribution in [2.45, 2.75) is 39.2 Å². The van der Waals surface area contributed by atoms with Crippen LogP contribution in [0.1, 0.15) is 30.9 Å². The van der Waals surface area contributed by atoms with Gasteiger partial charge in [0.25, 0.3) is 0 Å². The third-order valence-corrected chi connectivity index (χ3v) is 3.16. The summed E-state index contributed by atoms with van der Waals surface area (Å²) in [5, 5.41) is 13.0. The van der Waals surface area contributed by atoms with Crippen LogP contribution in [-0.4, -0.2) is 37.5 Å². The third kappa shape index (κ3) is 7.31. The maximum absolute atomic E-state index is 9.71. The van der Waals surface area contributed by atoms with Crippen LogP contribution in [0, 0.1) is 6.92 Å². The van der Waals surface area contributed by atoms with E-state index in [4.69, 9.17) is 4.74 Å². The maximum Gasteiger partial charge on any atom is 0.0897 e. The number of nitrogens with one attached hydrogen (secondary N) is 1. The Bertz CT molecular complexity index is 341. The first kappa shape index (κ1) is 16.2. The molecule has 1 aromatic carbocycles. The summed E-state index contributed by atoms with van der Waals surface area (Å²) < 4.78 is 5.38. The van der Waals surface area contributed by atoms with Gasteiger partial charge in [0.05, 0.1) is 12.7 Å². The van der Waals surface area contributed by atoms with Crippen LogP contribution < -0.4 is 5.32 Å². The number of benzene rings is 1. The fourth-order valence-electron chi connectivity index (χ4n) is 1.91. The summed E-state index contributed by atoms with van der Waals surface area (Å²) in [6, 6.07) is 8.41. The standard InChI is InChI=1S/C16H27NO2/c1-3-4-11-19-13-16(18)12-17-10-9-15-8-6-5-7-14(15)2/h5-8,16-18H,3-4,9-13H2,1-2H3. The summed E-state index contributed by atoms with van der Waals surface area (Å²) >= 11 is 0. The van der Waals surface area contributed by atoms with E-state index in [1.54, 1.807) is 0 Å². The van der Waals surface area contributed by atoms with Gasteiger partial charge in [-0.1, -0.05) is 37.6 Å². The Morgan fingerprint density at radius 3 is 2.84 bits per heavy atom. The molecule has 1 unspecified atom stereocenters. The first-order valence-electron chi connectivity index (χ1n) is 7.25. The van der Waals surface area contributed by atoms with Gasteiger partial charge in [0.2, 0.25) is 0 Å². The van der Waals surface area contributed by atoms with Crippen molar-refractivity contribution in [3.8, 4) is 0 Å². The molecule has 0 spiro atoms. The van der Waals surface area contributed by atoms with Crippen molar-refractivity contribution in [2.24, 2.45) is 0 Å². The van der Waals surface area contributed by atoms with E-state index >= 15 is 0 Å². The zero-order valence-corrected chi connectivity index (χ0v) is 12.2. The number of hydrogen-bond donors (Lipinski definition) is 2.